The molecule has 1 rings (SSSR count). The van der Waals surface area contributed by atoms with Crippen LogP contribution >= 0.6 is 0 Å². The van der Waals surface area contributed by atoms with Crippen molar-refractivity contribution in [3.63, 3.8) is 0 Å². The Labute approximate surface area is 110 Å². The van der Waals surface area contributed by atoms with Crippen LogP contribution in [0.25, 0.3) is 0 Å². The van der Waals surface area contributed by atoms with Crippen LogP contribution in [0, 0.1) is 0 Å². The molecule has 0 bridgehead atoms. The maximum atomic E-state index is 11.9. The summed E-state index contributed by atoms with van der Waals surface area (Å²) in [7, 11) is 0. The zero-order valence-electron chi connectivity index (χ0n) is 10.8. The van der Waals surface area contributed by atoms with Gasteiger partial charge in [-0.25, -0.2) is 0 Å². The molecule has 1 aromatic rings. The van der Waals surface area contributed by atoms with E-state index in [2.05, 4.69) is 5.32 Å². The number of nitrogens with one attached hydrogen (secondary N) is 2. The molecule has 0 aliphatic rings. The number of alkyl halides is 3. The fourth-order valence-corrected chi connectivity index (χ4v) is 1.50. The van der Waals surface area contributed by atoms with Crippen LogP contribution in [0.2, 0.25) is 0 Å². The lowest BCUT2D eigenvalue weighted by Gasteiger charge is -2.11. The molecule has 0 saturated heterocycles. The average molecular weight is 274 g/mol. The molecule has 1 aromatic carbocycles. The standard InChI is InChI=1S/C13H17F3N2O/c1-9(2)10-4-3-5-11(6-10)18-12(19)7-17-8-13(14,15)16/h3-6,9,17H,7-8H2,1-2H3,(H,18,19). The van der Waals surface area contributed by atoms with Crippen LogP contribution < -0.4 is 10.6 Å². The second-order valence-electron chi connectivity index (χ2n) is 4.55. The van der Waals surface area contributed by atoms with Crippen LogP contribution in [0.15, 0.2) is 24.3 Å². The number of amides is 1. The largest absolute Gasteiger partial charge is 0.401 e. The highest BCUT2D eigenvalue weighted by atomic mass is 19.4. The van der Waals surface area contributed by atoms with Crippen LogP contribution in [-0.4, -0.2) is 25.2 Å². The Bertz CT molecular complexity index is 430. The minimum atomic E-state index is -4.31. The Morgan fingerprint density at radius 2 is 2.00 bits per heavy atom. The fraction of sp³-hybridized carbons (Fsp3) is 0.462. The van der Waals surface area contributed by atoms with Gasteiger partial charge in [-0.3, -0.25) is 4.79 Å². The Hall–Kier alpha value is -1.56. The number of halogens is 3. The summed E-state index contributed by atoms with van der Waals surface area (Å²) >= 11 is 0. The van der Waals surface area contributed by atoms with Crippen molar-refractivity contribution in [2.75, 3.05) is 18.4 Å². The smallest absolute Gasteiger partial charge is 0.325 e. The molecule has 3 nitrogen and oxygen atoms in total. The first kappa shape index (κ1) is 15.5. The van der Waals surface area contributed by atoms with Gasteiger partial charge in [0.15, 0.2) is 0 Å². The Balaban J connectivity index is 2.46. The summed E-state index contributed by atoms with van der Waals surface area (Å²) in [6, 6.07) is 7.25. The second-order valence-corrected chi connectivity index (χ2v) is 4.55. The molecule has 0 aromatic heterocycles. The van der Waals surface area contributed by atoms with E-state index in [0.29, 0.717) is 11.6 Å². The zero-order valence-corrected chi connectivity index (χ0v) is 10.8. The van der Waals surface area contributed by atoms with E-state index in [9.17, 15) is 18.0 Å². The van der Waals surface area contributed by atoms with E-state index in [4.69, 9.17) is 0 Å². The highest BCUT2D eigenvalue weighted by Gasteiger charge is 2.26. The third-order valence-electron chi connectivity index (χ3n) is 2.45. The van der Waals surface area contributed by atoms with Gasteiger partial charge in [0, 0.05) is 5.69 Å². The molecule has 6 heteroatoms. The second kappa shape index (κ2) is 6.56. The lowest BCUT2D eigenvalue weighted by atomic mass is 10.0. The normalized spacial score (nSPS) is 11.7. The molecular weight excluding hydrogens is 257 g/mol. The van der Waals surface area contributed by atoms with Crippen molar-refractivity contribution < 1.29 is 18.0 Å². The van der Waals surface area contributed by atoms with Crippen molar-refractivity contribution in [2.45, 2.75) is 25.9 Å². The molecule has 0 aliphatic heterocycles. The molecule has 0 spiro atoms. The molecule has 0 aliphatic carbocycles. The van der Waals surface area contributed by atoms with Crippen molar-refractivity contribution in [3.05, 3.63) is 29.8 Å². The number of benzene rings is 1. The van der Waals surface area contributed by atoms with E-state index in [1.165, 1.54) is 0 Å². The summed E-state index contributed by atoms with van der Waals surface area (Å²) in [6.07, 6.45) is -4.31. The molecule has 0 fully saturated rings. The zero-order chi connectivity index (χ0) is 14.5. The predicted molar refractivity (Wildman–Crippen MR) is 68.1 cm³/mol. The maximum absolute atomic E-state index is 11.9. The summed E-state index contributed by atoms with van der Waals surface area (Å²) in [6.45, 7) is 2.50. The van der Waals surface area contributed by atoms with E-state index in [-0.39, 0.29) is 6.54 Å². The minimum absolute atomic E-state index is 0.320. The lowest BCUT2D eigenvalue weighted by molar-refractivity contribution is -0.126. The van der Waals surface area contributed by atoms with E-state index in [1.54, 1.807) is 12.1 Å². The van der Waals surface area contributed by atoms with Crippen molar-refractivity contribution in [1.29, 1.82) is 0 Å². The molecule has 0 saturated carbocycles. The van der Waals surface area contributed by atoms with Crippen LogP contribution in [0.4, 0.5) is 18.9 Å². The van der Waals surface area contributed by atoms with Gasteiger partial charge in [-0.1, -0.05) is 26.0 Å². The molecular formula is C13H17F3N2O. The van der Waals surface area contributed by atoms with Gasteiger partial charge in [-0.15, -0.1) is 0 Å². The quantitative estimate of drug-likeness (QED) is 0.866. The molecule has 0 unspecified atom stereocenters. The average Bonchev–Trinajstić information content (AvgIpc) is 2.27. The first-order valence-electron chi connectivity index (χ1n) is 5.95. The summed E-state index contributed by atoms with van der Waals surface area (Å²) in [5.41, 5.74) is 1.64. The number of carbonyl (C=O) groups excluding carboxylic acids is 1. The third-order valence-corrected chi connectivity index (χ3v) is 2.45. The van der Waals surface area contributed by atoms with E-state index in [0.717, 1.165) is 5.56 Å². The molecule has 0 heterocycles. The van der Waals surface area contributed by atoms with Crippen molar-refractivity contribution in [1.82, 2.24) is 5.32 Å². The van der Waals surface area contributed by atoms with Crippen molar-refractivity contribution in [3.8, 4) is 0 Å². The fourth-order valence-electron chi connectivity index (χ4n) is 1.50. The van der Waals surface area contributed by atoms with Crippen LogP contribution in [0.5, 0.6) is 0 Å². The van der Waals surface area contributed by atoms with Gasteiger partial charge in [0.2, 0.25) is 5.91 Å². The highest BCUT2D eigenvalue weighted by Crippen LogP contribution is 2.18. The van der Waals surface area contributed by atoms with Crippen molar-refractivity contribution in [2.24, 2.45) is 0 Å². The van der Waals surface area contributed by atoms with Crippen molar-refractivity contribution >= 4 is 11.6 Å². The Morgan fingerprint density at radius 3 is 2.58 bits per heavy atom. The van der Waals surface area contributed by atoms with Crippen LogP contribution in [-0.2, 0) is 4.79 Å². The van der Waals surface area contributed by atoms with Gasteiger partial charge < -0.3 is 10.6 Å². The van der Waals surface area contributed by atoms with Gasteiger partial charge >= 0.3 is 6.18 Å². The summed E-state index contributed by atoms with van der Waals surface area (Å²) in [5, 5.41) is 4.60. The summed E-state index contributed by atoms with van der Waals surface area (Å²) in [4.78, 5) is 11.4. The topological polar surface area (TPSA) is 41.1 Å². The minimum Gasteiger partial charge on any atom is -0.325 e. The van der Waals surface area contributed by atoms with Crippen LogP contribution in [0.1, 0.15) is 25.3 Å². The Morgan fingerprint density at radius 1 is 1.32 bits per heavy atom. The third kappa shape index (κ3) is 6.24. The number of hydrogen-bond donors (Lipinski definition) is 2. The molecule has 19 heavy (non-hydrogen) atoms. The van der Waals surface area contributed by atoms with Gasteiger partial charge in [0.1, 0.15) is 0 Å². The van der Waals surface area contributed by atoms with Gasteiger partial charge in [-0.05, 0) is 23.6 Å². The lowest BCUT2D eigenvalue weighted by Crippen LogP contribution is -2.35. The first-order valence-corrected chi connectivity index (χ1v) is 5.95. The van der Waals surface area contributed by atoms with E-state index < -0.39 is 18.6 Å². The number of hydrogen-bond acceptors (Lipinski definition) is 2. The Kier molecular flexibility index (Phi) is 5.35. The number of rotatable bonds is 5. The van der Waals surface area contributed by atoms with E-state index in [1.807, 2.05) is 31.3 Å². The van der Waals surface area contributed by atoms with E-state index >= 15 is 0 Å². The number of anilines is 1. The van der Waals surface area contributed by atoms with Crippen LogP contribution in [0.3, 0.4) is 0 Å². The maximum Gasteiger partial charge on any atom is 0.401 e. The molecule has 2 N–H and O–H groups in total. The van der Waals surface area contributed by atoms with Gasteiger partial charge in [-0.2, -0.15) is 13.2 Å². The molecule has 0 atom stereocenters. The molecule has 106 valence electrons. The van der Waals surface area contributed by atoms with Gasteiger partial charge in [0.25, 0.3) is 0 Å². The highest BCUT2D eigenvalue weighted by molar-refractivity contribution is 5.92. The molecule has 1 amide bonds. The predicted octanol–water partition coefficient (Wildman–Crippen LogP) is 2.90. The SMILES string of the molecule is CC(C)c1cccc(NC(=O)CNCC(F)(F)F)c1. The summed E-state index contributed by atoms with van der Waals surface area (Å²) < 4.78 is 35.6. The van der Waals surface area contributed by atoms with Gasteiger partial charge in [0.05, 0.1) is 13.1 Å². The number of carbonyl (C=O) groups is 1. The molecule has 0 radical (unpaired) electrons. The first-order chi connectivity index (χ1) is 8.78. The monoisotopic (exact) mass is 274 g/mol. The summed E-state index contributed by atoms with van der Waals surface area (Å²) in [5.74, 6) is -0.176.